The Morgan fingerprint density at radius 3 is 2.39 bits per heavy atom. The quantitative estimate of drug-likeness (QED) is 0.835. The van der Waals surface area contributed by atoms with Gasteiger partial charge in [-0.15, -0.1) is 11.3 Å². The summed E-state index contributed by atoms with van der Waals surface area (Å²) in [7, 11) is 0. The van der Waals surface area contributed by atoms with Crippen molar-refractivity contribution in [3.05, 3.63) is 41.3 Å². The molecule has 1 aromatic carbocycles. The second-order valence-corrected chi connectivity index (χ2v) is 7.20. The van der Waals surface area contributed by atoms with Crippen molar-refractivity contribution in [2.45, 2.75) is 27.7 Å². The van der Waals surface area contributed by atoms with E-state index in [4.69, 9.17) is 4.74 Å². The average molecular weight is 331 g/mol. The van der Waals surface area contributed by atoms with Crippen LogP contribution >= 0.6 is 11.3 Å². The maximum absolute atomic E-state index is 12.3. The summed E-state index contributed by atoms with van der Waals surface area (Å²) >= 11 is 1.32. The molecule has 23 heavy (non-hydrogen) atoms. The summed E-state index contributed by atoms with van der Waals surface area (Å²) in [5.74, 6) is -0.552. The molecule has 0 saturated heterocycles. The first-order valence-corrected chi connectivity index (χ1v) is 8.32. The van der Waals surface area contributed by atoms with Crippen molar-refractivity contribution >= 4 is 28.9 Å². The van der Waals surface area contributed by atoms with Crippen LogP contribution in [0.5, 0.6) is 0 Å². The lowest BCUT2D eigenvalue weighted by Gasteiger charge is -2.17. The van der Waals surface area contributed by atoms with Crippen LogP contribution in [-0.4, -0.2) is 18.5 Å². The monoisotopic (exact) mass is 331 g/mol. The number of hydrogen-bond donors (Lipinski definition) is 1. The SMILES string of the molecule is CCOC(=O)c1sc(-c2ccccc2)cc1NC(=O)C(C)(C)C. The number of nitrogens with one attached hydrogen (secondary N) is 1. The van der Waals surface area contributed by atoms with Crippen LogP contribution in [0.2, 0.25) is 0 Å². The highest BCUT2D eigenvalue weighted by molar-refractivity contribution is 7.18. The van der Waals surface area contributed by atoms with Crippen LogP contribution in [0.15, 0.2) is 36.4 Å². The second-order valence-electron chi connectivity index (χ2n) is 6.14. The van der Waals surface area contributed by atoms with E-state index in [1.54, 1.807) is 6.92 Å². The van der Waals surface area contributed by atoms with Gasteiger partial charge in [0.2, 0.25) is 5.91 Å². The minimum atomic E-state index is -0.541. The van der Waals surface area contributed by atoms with Crippen molar-refractivity contribution in [3.8, 4) is 10.4 Å². The highest BCUT2D eigenvalue weighted by Crippen LogP contribution is 2.36. The standard InChI is InChI=1S/C18H21NO3S/c1-5-22-16(20)15-13(19-17(21)18(2,3)4)11-14(23-15)12-9-7-6-8-10-12/h6-11H,5H2,1-4H3,(H,19,21). The van der Waals surface area contributed by atoms with Crippen molar-refractivity contribution in [3.63, 3.8) is 0 Å². The van der Waals surface area contributed by atoms with Crippen molar-refractivity contribution in [1.82, 2.24) is 0 Å². The fraction of sp³-hybridized carbons (Fsp3) is 0.333. The molecule has 0 fully saturated rings. The van der Waals surface area contributed by atoms with E-state index in [1.807, 2.05) is 57.2 Å². The smallest absolute Gasteiger partial charge is 0.350 e. The first-order valence-electron chi connectivity index (χ1n) is 7.50. The maximum Gasteiger partial charge on any atom is 0.350 e. The summed E-state index contributed by atoms with van der Waals surface area (Å²) in [4.78, 5) is 25.8. The third kappa shape index (κ3) is 4.20. The number of carbonyl (C=O) groups excluding carboxylic acids is 2. The van der Waals surface area contributed by atoms with Gasteiger partial charge in [0, 0.05) is 10.3 Å². The van der Waals surface area contributed by atoms with Gasteiger partial charge in [-0.2, -0.15) is 0 Å². The number of esters is 1. The number of ether oxygens (including phenoxy) is 1. The van der Waals surface area contributed by atoms with E-state index >= 15 is 0 Å². The van der Waals surface area contributed by atoms with Crippen molar-refractivity contribution in [1.29, 1.82) is 0 Å². The predicted octanol–water partition coefficient (Wildman–Crippen LogP) is 4.58. The van der Waals surface area contributed by atoms with Gasteiger partial charge < -0.3 is 10.1 Å². The number of hydrogen-bond acceptors (Lipinski definition) is 4. The zero-order valence-electron chi connectivity index (χ0n) is 13.8. The molecule has 1 aromatic heterocycles. The normalized spacial score (nSPS) is 11.1. The molecule has 0 atom stereocenters. The topological polar surface area (TPSA) is 55.4 Å². The number of carbonyl (C=O) groups is 2. The molecule has 0 aliphatic rings. The van der Waals surface area contributed by atoms with E-state index in [0.717, 1.165) is 10.4 Å². The van der Waals surface area contributed by atoms with Gasteiger partial charge in [0.25, 0.3) is 0 Å². The van der Waals surface area contributed by atoms with Crippen LogP contribution in [0.1, 0.15) is 37.4 Å². The van der Waals surface area contributed by atoms with E-state index in [-0.39, 0.29) is 5.91 Å². The van der Waals surface area contributed by atoms with E-state index in [9.17, 15) is 9.59 Å². The van der Waals surface area contributed by atoms with E-state index < -0.39 is 11.4 Å². The first-order chi connectivity index (χ1) is 10.8. The van der Waals surface area contributed by atoms with Crippen molar-refractivity contribution in [2.24, 2.45) is 5.41 Å². The summed E-state index contributed by atoms with van der Waals surface area (Å²) < 4.78 is 5.11. The van der Waals surface area contributed by atoms with Crippen LogP contribution in [0.4, 0.5) is 5.69 Å². The van der Waals surface area contributed by atoms with Gasteiger partial charge in [0.1, 0.15) is 4.88 Å². The summed E-state index contributed by atoms with van der Waals surface area (Å²) in [5, 5.41) is 2.85. The number of benzene rings is 1. The highest BCUT2D eigenvalue weighted by Gasteiger charge is 2.25. The van der Waals surface area contributed by atoms with Gasteiger partial charge in [-0.3, -0.25) is 4.79 Å². The minimum Gasteiger partial charge on any atom is -0.462 e. The second kappa shape index (κ2) is 6.96. The Bertz CT molecular complexity index is 699. The molecule has 0 aliphatic heterocycles. The fourth-order valence-corrected chi connectivity index (χ4v) is 2.90. The molecule has 0 radical (unpaired) electrons. The van der Waals surface area contributed by atoms with Gasteiger partial charge in [0.05, 0.1) is 12.3 Å². The maximum atomic E-state index is 12.3. The molecule has 0 unspecified atom stereocenters. The van der Waals surface area contributed by atoms with Gasteiger partial charge in [-0.05, 0) is 18.6 Å². The zero-order chi connectivity index (χ0) is 17.0. The number of amides is 1. The molecular weight excluding hydrogens is 310 g/mol. The van der Waals surface area contributed by atoms with Gasteiger partial charge >= 0.3 is 5.97 Å². The largest absolute Gasteiger partial charge is 0.462 e. The first kappa shape index (κ1) is 17.2. The van der Waals surface area contributed by atoms with Crippen LogP contribution in [0.3, 0.4) is 0 Å². The van der Waals surface area contributed by atoms with Gasteiger partial charge in [-0.25, -0.2) is 4.79 Å². The summed E-state index contributed by atoms with van der Waals surface area (Å²) in [6.45, 7) is 7.55. The van der Waals surface area contributed by atoms with Crippen LogP contribution in [0.25, 0.3) is 10.4 Å². The molecule has 2 rings (SSSR count). The number of rotatable bonds is 4. The van der Waals surface area contributed by atoms with Crippen LogP contribution in [0, 0.1) is 5.41 Å². The van der Waals surface area contributed by atoms with Crippen LogP contribution in [-0.2, 0) is 9.53 Å². The van der Waals surface area contributed by atoms with Crippen LogP contribution < -0.4 is 5.32 Å². The lowest BCUT2D eigenvalue weighted by Crippen LogP contribution is -2.28. The Balaban J connectivity index is 2.40. The molecule has 1 N–H and O–H groups in total. The lowest BCUT2D eigenvalue weighted by atomic mass is 9.95. The van der Waals surface area contributed by atoms with Gasteiger partial charge in [-0.1, -0.05) is 51.1 Å². The summed E-state index contributed by atoms with van der Waals surface area (Å²) in [6, 6.07) is 11.6. The van der Waals surface area contributed by atoms with E-state index in [2.05, 4.69) is 5.32 Å². The Kier molecular flexibility index (Phi) is 5.21. The van der Waals surface area contributed by atoms with Crippen molar-refractivity contribution in [2.75, 3.05) is 11.9 Å². The van der Waals surface area contributed by atoms with Gasteiger partial charge in [0.15, 0.2) is 0 Å². The Morgan fingerprint density at radius 1 is 1.17 bits per heavy atom. The summed E-state index contributed by atoms with van der Waals surface area (Å²) in [6.07, 6.45) is 0. The van der Waals surface area contributed by atoms with E-state index in [0.29, 0.717) is 17.2 Å². The highest BCUT2D eigenvalue weighted by atomic mass is 32.1. The molecule has 0 bridgehead atoms. The predicted molar refractivity (Wildman–Crippen MR) is 93.8 cm³/mol. The molecule has 122 valence electrons. The van der Waals surface area contributed by atoms with Crippen molar-refractivity contribution < 1.29 is 14.3 Å². The Morgan fingerprint density at radius 2 is 1.83 bits per heavy atom. The number of thiophene rings is 1. The molecule has 0 saturated carbocycles. The third-order valence-corrected chi connectivity index (χ3v) is 4.34. The minimum absolute atomic E-state index is 0.138. The molecule has 0 aliphatic carbocycles. The molecule has 1 amide bonds. The Labute approximate surface area is 140 Å². The Hall–Kier alpha value is -2.14. The molecule has 4 nitrogen and oxygen atoms in total. The molecule has 5 heteroatoms. The molecule has 0 spiro atoms. The molecule has 1 heterocycles. The third-order valence-electron chi connectivity index (χ3n) is 3.18. The summed E-state index contributed by atoms with van der Waals surface area (Å²) in [5.41, 5.74) is 0.965. The number of anilines is 1. The zero-order valence-corrected chi connectivity index (χ0v) is 14.6. The fourth-order valence-electron chi connectivity index (χ4n) is 1.89. The average Bonchev–Trinajstić information content (AvgIpc) is 2.91. The molecular formula is C18H21NO3S. The lowest BCUT2D eigenvalue weighted by molar-refractivity contribution is -0.123. The van der Waals surface area contributed by atoms with E-state index in [1.165, 1.54) is 11.3 Å². The molecule has 2 aromatic rings.